The third kappa shape index (κ3) is 0.990. The highest BCUT2D eigenvalue weighted by Gasteiger charge is 2.20. The second-order valence-electron chi connectivity index (χ2n) is 2.61. The van der Waals surface area contributed by atoms with Crippen LogP contribution in [-0.2, 0) is 4.79 Å². The minimum atomic E-state index is -0.0875. The molecule has 0 saturated carbocycles. The molecule has 62 valence electrons. The standard InChI is InChI=1S/C7H8N4O/c1-11-4-8-2-5-7(11)9-3-6(12)10-5/h2,4H,3H2,1H3,(H,10,12). The van der Waals surface area contributed by atoms with E-state index in [4.69, 9.17) is 0 Å². The predicted molar refractivity (Wildman–Crippen MR) is 44.8 cm³/mol. The Morgan fingerprint density at radius 1 is 1.67 bits per heavy atom. The van der Waals surface area contributed by atoms with Gasteiger partial charge in [0.05, 0.1) is 12.5 Å². The van der Waals surface area contributed by atoms with Crippen molar-refractivity contribution in [3.63, 3.8) is 0 Å². The number of amidine groups is 1. The van der Waals surface area contributed by atoms with E-state index in [1.165, 1.54) is 0 Å². The van der Waals surface area contributed by atoms with Crippen LogP contribution in [0, 0.1) is 0 Å². The van der Waals surface area contributed by atoms with Crippen molar-refractivity contribution in [2.24, 2.45) is 9.98 Å². The van der Waals surface area contributed by atoms with Gasteiger partial charge in [0, 0.05) is 7.05 Å². The number of rotatable bonds is 0. The van der Waals surface area contributed by atoms with E-state index in [1.54, 1.807) is 17.4 Å². The van der Waals surface area contributed by atoms with Gasteiger partial charge in [0.2, 0.25) is 5.91 Å². The lowest BCUT2D eigenvalue weighted by atomic mass is 10.3. The SMILES string of the molecule is CN1C=NC=C2NC(=O)CN=C21. The summed E-state index contributed by atoms with van der Waals surface area (Å²) in [5, 5.41) is 2.68. The highest BCUT2D eigenvalue weighted by Crippen LogP contribution is 2.06. The molecule has 0 fully saturated rings. The number of amides is 1. The Morgan fingerprint density at radius 3 is 3.33 bits per heavy atom. The van der Waals surface area contributed by atoms with Gasteiger partial charge in [0.1, 0.15) is 12.2 Å². The van der Waals surface area contributed by atoms with Gasteiger partial charge in [-0.25, -0.2) is 4.99 Å². The van der Waals surface area contributed by atoms with E-state index in [0.29, 0.717) is 5.70 Å². The van der Waals surface area contributed by atoms with Crippen molar-refractivity contribution in [3.8, 4) is 0 Å². The summed E-state index contributed by atoms with van der Waals surface area (Å²) in [4.78, 5) is 20.7. The lowest BCUT2D eigenvalue weighted by Crippen LogP contribution is -2.42. The van der Waals surface area contributed by atoms with Gasteiger partial charge in [0.25, 0.3) is 0 Å². The van der Waals surface area contributed by atoms with Crippen molar-refractivity contribution in [3.05, 3.63) is 11.9 Å². The molecule has 2 aliphatic rings. The maximum atomic E-state index is 10.9. The van der Waals surface area contributed by atoms with E-state index in [2.05, 4.69) is 15.3 Å². The predicted octanol–water partition coefficient (Wildman–Crippen LogP) is -0.670. The number of carbonyl (C=O) groups is 1. The number of aliphatic imine (C=N–C) groups is 2. The van der Waals surface area contributed by atoms with Crippen molar-refractivity contribution in [2.45, 2.75) is 0 Å². The smallest absolute Gasteiger partial charge is 0.246 e. The molecule has 5 nitrogen and oxygen atoms in total. The fourth-order valence-corrected chi connectivity index (χ4v) is 1.13. The Labute approximate surface area is 69.5 Å². The zero-order chi connectivity index (χ0) is 8.55. The van der Waals surface area contributed by atoms with Crippen molar-refractivity contribution in [1.82, 2.24) is 10.2 Å². The number of hydrogen-bond donors (Lipinski definition) is 1. The monoisotopic (exact) mass is 164 g/mol. The van der Waals surface area contributed by atoms with Crippen LogP contribution in [0.15, 0.2) is 21.9 Å². The fraction of sp³-hybridized carbons (Fsp3) is 0.286. The first-order valence-corrected chi connectivity index (χ1v) is 3.58. The van der Waals surface area contributed by atoms with Crippen molar-refractivity contribution < 1.29 is 4.79 Å². The third-order valence-corrected chi connectivity index (χ3v) is 1.67. The minimum Gasteiger partial charge on any atom is -0.320 e. The number of carbonyl (C=O) groups excluding carboxylic acids is 1. The van der Waals surface area contributed by atoms with Crippen molar-refractivity contribution >= 4 is 18.1 Å². The van der Waals surface area contributed by atoms with Gasteiger partial charge < -0.3 is 10.2 Å². The minimum absolute atomic E-state index is 0.0875. The normalized spacial score (nSPS) is 21.1. The largest absolute Gasteiger partial charge is 0.320 e. The Bertz CT molecular complexity index is 315. The zero-order valence-electron chi connectivity index (χ0n) is 6.61. The van der Waals surface area contributed by atoms with Gasteiger partial charge in [-0.05, 0) is 0 Å². The van der Waals surface area contributed by atoms with Crippen LogP contribution in [-0.4, -0.2) is 36.6 Å². The molecule has 1 N–H and O–H groups in total. The summed E-state index contributed by atoms with van der Waals surface area (Å²) >= 11 is 0. The summed E-state index contributed by atoms with van der Waals surface area (Å²) < 4.78 is 0. The molecule has 0 bridgehead atoms. The number of likely N-dealkylation sites (N-methyl/N-ethyl adjacent to an activating group) is 1. The maximum Gasteiger partial charge on any atom is 0.246 e. The van der Waals surface area contributed by atoms with E-state index in [-0.39, 0.29) is 12.5 Å². The van der Waals surface area contributed by atoms with E-state index in [9.17, 15) is 4.79 Å². The highest BCUT2D eigenvalue weighted by molar-refractivity contribution is 6.10. The molecule has 0 aromatic rings. The lowest BCUT2D eigenvalue weighted by Gasteiger charge is -2.24. The Kier molecular flexibility index (Phi) is 1.43. The van der Waals surface area contributed by atoms with Gasteiger partial charge in [-0.1, -0.05) is 0 Å². The summed E-state index contributed by atoms with van der Waals surface area (Å²) in [6.07, 6.45) is 3.25. The molecule has 0 spiro atoms. The molecule has 2 rings (SSSR count). The van der Waals surface area contributed by atoms with Gasteiger partial charge >= 0.3 is 0 Å². The summed E-state index contributed by atoms with van der Waals surface area (Å²) in [5.41, 5.74) is 0.677. The molecule has 0 aromatic carbocycles. The maximum absolute atomic E-state index is 10.9. The molecule has 2 heterocycles. The van der Waals surface area contributed by atoms with Gasteiger partial charge in [-0.2, -0.15) is 0 Å². The van der Waals surface area contributed by atoms with Gasteiger partial charge in [-0.15, -0.1) is 0 Å². The van der Waals surface area contributed by atoms with Crippen LogP contribution in [0.5, 0.6) is 0 Å². The van der Waals surface area contributed by atoms with Crippen LogP contribution in [0.2, 0.25) is 0 Å². The fourth-order valence-electron chi connectivity index (χ4n) is 1.13. The van der Waals surface area contributed by atoms with Crippen LogP contribution in [0.4, 0.5) is 0 Å². The second-order valence-corrected chi connectivity index (χ2v) is 2.61. The number of nitrogens with zero attached hydrogens (tertiary/aromatic N) is 3. The number of hydrogen-bond acceptors (Lipinski definition) is 4. The molecule has 0 aliphatic carbocycles. The molecular weight excluding hydrogens is 156 g/mol. The second kappa shape index (κ2) is 2.44. The molecule has 0 aromatic heterocycles. The zero-order valence-corrected chi connectivity index (χ0v) is 6.61. The molecule has 0 radical (unpaired) electrons. The molecule has 0 saturated heterocycles. The Balaban J connectivity index is 2.38. The lowest BCUT2D eigenvalue weighted by molar-refractivity contribution is -0.119. The van der Waals surface area contributed by atoms with Gasteiger partial charge in [0.15, 0.2) is 5.84 Å². The first-order chi connectivity index (χ1) is 5.77. The van der Waals surface area contributed by atoms with Crippen molar-refractivity contribution in [2.75, 3.05) is 13.6 Å². The first kappa shape index (κ1) is 7.02. The van der Waals surface area contributed by atoms with Crippen molar-refractivity contribution in [1.29, 1.82) is 0 Å². The van der Waals surface area contributed by atoms with Crippen LogP contribution in [0.1, 0.15) is 0 Å². The molecular formula is C7H8N4O. The number of nitrogens with one attached hydrogen (secondary N) is 1. The van der Waals surface area contributed by atoms with E-state index < -0.39 is 0 Å². The van der Waals surface area contributed by atoms with Crippen LogP contribution in [0.25, 0.3) is 0 Å². The average Bonchev–Trinajstić information content (AvgIpc) is 2.04. The Hall–Kier alpha value is -1.65. The molecule has 1 amide bonds. The molecule has 2 aliphatic heterocycles. The van der Waals surface area contributed by atoms with E-state index in [0.717, 1.165) is 5.84 Å². The van der Waals surface area contributed by atoms with Crippen LogP contribution in [0.3, 0.4) is 0 Å². The average molecular weight is 164 g/mol. The summed E-state index contributed by atoms with van der Waals surface area (Å²) in [7, 11) is 1.84. The van der Waals surface area contributed by atoms with E-state index in [1.807, 2.05) is 7.05 Å². The van der Waals surface area contributed by atoms with Gasteiger partial charge in [-0.3, -0.25) is 9.79 Å². The summed E-state index contributed by atoms with van der Waals surface area (Å²) in [6, 6.07) is 0. The Morgan fingerprint density at radius 2 is 2.50 bits per heavy atom. The van der Waals surface area contributed by atoms with Crippen LogP contribution < -0.4 is 5.32 Å². The highest BCUT2D eigenvalue weighted by atomic mass is 16.2. The third-order valence-electron chi connectivity index (χ3n) is 1.67. The summed E-state index contributed by atoms with van der Waals surface area (Å²) in [6.45, 7) is 0.199. The number of fused-ring (bicyclic) bond motifs is 1. The molecule has 12 heavy (non-hydrogen) atoms. The molecule has 5 heteroatoms. The molecule has 0 atom stereocenters. The molecule has 0 unspecified atom stereocenters. The van der Waals surface area contributed by atoms with Crippen LogP contribution >= 0.6 is 0 Å². The topological polar surface area (TPSA) is 57.1 Å². The summed E-state index contributed by atoms with van der Waals surface area (Å²) in [5.74, 6) is 0.681. The first-order valence-electron chi connectivity index (χ1n) is 3.58. The quantitative estimate of drug-likeness (QED) is 0.516. The van der Waals surface area contributed by atoms with E-state index >= 15 is 0 Å².